The van der Waals surface area contributed by atoms with Crippen LogP contribution >= 0.6 is 11.6 Å². The highest BCUT2D eigenvalue weighted by molar-refractivity contribution is 6.34. The largest absolute Gasteiger partial charge is 0.337 e. The Morgan fingerprint density at radius 2 is 1.93 bits per heavy atom. The third-order valence-electron chi connectivity index (χ3n) is 3.90. The second kappa shape index (κ2) is 8.42. The minimum atomic E-state index is -0.369. The van der Waals surface area contributed by atoms with Crippen LogP contribution in [0.2, 0.25) is 5.02 Å². The molecule has 1 N–H and O–H groups in total. The quantitative estimate of drug-likeness (QED) is 0.733. The molecule has 0 saturated heterocycles. The zero-order valence-electron chi connectivity index (χ0n) is 14.6. The van der Waals surface area contributed by atoms with Crippen molar-refractivity contribution in [2.24, 2.45) is 0 Å². The molecule has 0 radical (unpaired) electrons. The zero-order valence-corrected chi connectivity index (χ0v) is 15.3. The number of anilines is 1. The number of carbonyl (C=O) groups excluding carboxylic acids is 2. The minimum Gasteiger partial charge on any atom is -0.337 e. The van der Waals surface area contributed by atoms with Crippen LogP contribution in [0.4, 0.5) is 5.69 Å². The molecule has 2 aromatic heterocycles. The van der Waals surface area contributed by atoms with Gasteiger partial charge in [-0.15, -0.1) is 0 Å². The molecule has 0 spiro atoms. The maximum absolute atomic E-state index is 12.5. The summed E-state index contributed by atoms with van der Waals surface area (Å²) in [4.78, 5) is 34.5. The van der Waals surface area contributed by atoms with Gasteiger partial charge in [0.25, 0.3) is 11.8 Å². The summed E-state index contributed by atoms with van der Waals surface area (Å²) in [6.45, 7) is 0.270. The number of halogens is 1. The lowest BCUT2D eigenvalue weighted by Gasteiger charge is -2.20. The fraction of sp³-hybridized carbons (Fsp3) is 0.100. The predicted molar refractivity (Wildman–Crippen MR) is 104 cm³/mol. The maximum atomic E-state index is 12.5. The van der Waals surface area contributed by atoms with Crippen molar-refractivity contribution in [2.75, 3.05) is 12.4 Å². The SMILES string of the molecule is CN(Cc1cccc(Cl)c1NC(=O)c1ccccn1)C(=O)c1cccnc1. The molecule has 2 amide bonds. The molecule has 0 bridgehead atoms. The van der Waals surface area contributed by atoms with Crippen LogP contribution in [0.1, 0.15) is 26.4 Å². The van der Waals surface area contributed by atoms with Gasteiger partial charge in [-0.25, -0.2) is 0 Å². The summed E-state index contributed by atoms with van der Waals surface area (Å²) in [6, 6.07) is 13.8. The Balaban J connectivity index is 1.81. The number of hydrogen-bond acceptors (Lipinski definition) is 4. The van der Waals surface area contributed by atoms with Crippen LogP contribution in [0, 0.1) is 0 Å². The van der Waals surface area contributed by atoms with E-state index in [2.05, 4.69) is 15.3 Å². The third kappa shape index (κ3) is 4.48. The van der Waals surface area contributed by atoms with E-state index in [-0.39, 0.29) is 24.1 Å². The maximum Gasteiger partial charge on any atom is 0.274 e. The van der Waals surface area contributed by atoms with E-state index in [4.69, 9.17) is 11.6 Å². The summed E-state index contributed by atoms with van der Waals surface area (Å²) in [7, 11) is 1.68. The van der Waals surface area contributed by atoms with Crippen LogP contribution < -0.4 is 5.32 Å². The monoisotopic (exact) mass is 380 g/mol. The van der Waals surface area contributed by atoms with Gasteiger partial charge in [-0.3, -0.25) is 19.6 Å². The number of rotatable bonds is 5. The van der Waals surface area contributed by atoms with Crippen molar-refractivity contribution in [2.45, 2.75) is 6.54 Å². The average molecular weight is 381 g/mol. The van der Waals surface area contributed by atoms with Crippen LogP contribution in [0.5, 0.6) is 0 Å². The van der Waals surface area contributed by atoms with E-state index in [9.17, 15) is 9.59 Å². The lowest BCUT2D eigenvalue weighted by molar-refractivity contribution is 0.0785. The van der Waals surface area contributed by atoms with Crippen molar-refractivity contribution in [3.8, 4) is 0 Å². The van der Waals surface area contributed by atoms with Gasteiger partial charge in [0.15, 0.2) is 0 Å². The first kappa shape index (κ1) is 18.5. The zero-order chi connectivity index (χ0) is 19.2. The summed E-state index contributed by atoms with van der Waals surface area (Å²) in [5.74, 6) is -0.545. The third-order valence-corrected chi connectivity index (χ3v) is 4.21. The summed E-state index contributed by atoms with van der Waals surface area (Å²) in [6.07, 6.45) is 4.67. The second-order valence-corrected chi connectivity index (χ2v) is 6.25. The minimum absolute atomic E-state index is 0.176. The number of carbonyl (C=O) groups is 2. The van der Waals surface area contributed by atoms with Crippen molar-refractivity contribution < 1.29 is 9.59 Å². The highest BCUT2D eigenvalue weighted by Crippen LogP contribution is 2.27. The molecule has 0 aliphatic heterocycles. The smallest absolute Gasteiger partial charge is 0.274 e. The number of aromatic nitrogens is 2. The van der Waals surface area contributed by atoms with E-state index in [1.54, 1.807) is 66.8 Å². The van der Waals surface area contributed by atoms with Gasteiger partial charge < -0.3 is 10.2 Å². The molecule has 6 nitrogen and oxygen atoms in total. The van der Waals surface area contributed by atoms with Crippen molar-refractivity contribution >= 4 is 29.1 Å². The van der Waals surface area contributed by atoms with E-state index in [1.165, 1.54) is 6.20 Å². The molecule has 0 aliphatic rings. The van der Waals surface area contributed by atoms with Gasteiger partial charge in [-0.05, 0) is 35.9 Å². The van der Waals surface area contributed by atoms with E-state index in [0.717, 1.165) is 0 Å². The Morgan fingerprint density at radius 3 is 2.63 bits per heavy atom. The molecule has 0 aliphatic carbocycles. The van der Waals surface area contributed by atoms with Crippen molar-refractivity contribution in [3.63, 3.8) is 0 Å². The number of pyridine rings is 2. The van der Waals surface area contributed by atoms with Crippen LogP contribution in [-0.4, -0.2) is 33.7 Å². The predicted octanol–water partition coefficient (Wildman–Crippen LogP) is 3.65. The normalized spacial score (nSPS) is 10.3. The molecule has 2 heterocycles. The Bertz CT molecular complexity index is 949. The second-order valence-electron chi connectivity index (χ2n) is 5.85. The van der Waals surface area contributed by atoms with Gasteiger partial charge in [-0.1, -0.05) is 29.8 Å². The molecule has 0 atom stereocenters. The van der Waals surface area contributed by atoms with Gasteiger partial charge in [0.1, 0.15) is 5.69 Å². The Kier molecular flexibility index (Phi) is 5.78. The summed E-state index contributed by atoms with van der Waals surface area (Å²) in [5, 5.41) is 3.18. The number of amides is 2. The molecule has 3 aromatic rings. The first-order chi connectivity index (χ1) is 13.1. The molecule has 136 valence electrons. The highest BCUT2D eigenvalue weighted by atomic mass is 35.5. The molecule has 7 heteroatoms. The molecule has 0 saturated carbocycles. The fourth-order valence-corrected chi connectivity index (χ4v) is 2.79. The van der Waals surface area contributed by atoms with Crippen LogP contribution in [0.15, 0.2) is 67.1 Å². The van der Waals surface area contributed by atoms with Crippen molar-refractivity contribution in [3.05, 3.63) is 89.0 Å². The summed E-state index contributed by atoms with van der Waals surface area (Å²) >= 11 is 6.29. The Hall–Kier alpha value is -3.25. The number of para-hydroxylation sites is 1. The van der Waals surface area contributed by atoms with Crippen LogP contribution in [0.25, 0.3) is 0 Å². The van der Waals surface area contributed by atoms with Gasteiger partial charge >= 0.3 is 0 Å². The highest BCUT2D eigenvalue weighted by Gasteiger charge is 2.17. The van der Waals surface area contributed by atoms with Crippen LogP contribution in [0.3, 0.4) is 0 Å². The van der Waals surface area contributed by atoms with Gasteiger partial charge in [0.2, 0.25) is 0 Å². The summed E-state index contributed by atoms with van der Waals surface area (Å²) in [5.41, 5.74) is 1.94. The van der Waals surface area contributed by atoms with Crippen LogP contribution in [-0.2, 0) is 6.54 Å². The number of hydrogen-bond donors (Lipinski definition) is 1. The van der Waals surface area contributed by atoms with Gasteiger partial charge in [0.05, 0.1) is 16.3 Å². The first-order valence-electron chi connectivity index (χ1n) is 8.21. The Labute approximate surface area is 161 Å². The van der Waals surface area contributed by atoms with Gasteiger partial charge in [0, 0.05) is 32.2 Å². The van der Waals surface area contributed by atoms with E-state index in [0.29, 0.717) is 21.8 Å². The lowest BCUT2D eigenvalue weighted by atomic mass is 10.1. The standard InChI is InChI=1S/C20H17ClN4O2/c1-25(20(27)14-7-5-10-22-12-14)13-15-6-4-8-16(21)18(15)24-19(26)17-9-2-3-11-23-17/h2-12H,13H2,1H3,(H,24,26). The van der Waals surface area contributed by atoms with Crippen molar-refractivity contribution in [1.29, 1.82) is 0 Å². The number of nitrogens with one attached hydrogen (secondary N) is 1. The molecule has 27 heavy (non-hydrogen) atoms. The molecular weight excluding hydrogens is 364 g/mol. The molecular formula is C20H17ClN4O2. The molecule has 0 unspecified atom stereocenters. The molecule has 1 aromatic carbocycles. The average Bonchev–Trinajstić information content (AvgIpc) is 2.71. The fourth-order valence-electron chi connectivity index (χ4n) is 2.55. The Morgan fingerprint density at radius 1 is 1.07 bits per heavy atom. The number of benzene rings is 1. The van der Waals surface area contributed by atoms with E-state index >= 15 is 0 Å². The molecule has 3 rings (SSSR count). The summed E-state index contributed by atoms with van der Waals surface area (Å²) < 4.78 is 0. The van der Waals surface area contributed by atoms with Crippen molar-refractivity contribution in [1.82, 2.24) is 14.9 Å². The number of nitrogens with zero attached hydrogens (tertiary/aromatic N) is 3. The lowest BCUT2D eigenvalue weighted by Crippen LogP contribution is -2.27. The van der Waals surface area contributed by atoms with E-state index in [1.807, 2.05) is 6.07 Å². The molecule has 0 fully saturated rings. The van der Waals surface area contributed by atoms with Gasteiger partial charge in [-0.2, -0.15) is 0 Å². The topological polar surface area (TPSA) is 75.2 Å². The van der Waals surface area contributed by atoms with E-state index < -0.39 is 0 Å². The first-order valence-corrected chi connectivity index (χ1v) is 8.59.